The second-order valence-electron chi connectivity index (χ2n) is 3.70. The van der Waals surface area contributed by atoms with Crippen molar-refractivity contribution in [2.45, 2.75) is 33.4 Å². The Morgan fingerprint density at radius 2 is 2.06 bits per heavy atom. The summed E-state index contributed by atoms with van der Waals surface area (Å²) in [6.45, 7) is 4.99. The lowest BCUT2D eigenvalue weighted by Crippen LogP contribution is -2.24. The molecule has 0 spiro atoms. The fraction of sp³-hybridized carbons (Fsp3) is 0.500. The normalized spacial score (nSPS) is 10.9. The largest absolute Gasteiger partial charge is 0.328 e. The Morgan fingerprint density at radius 3 is 2.69 bits per heavy atom. The van der Waals surface area contributed by atoms with Crippen molar-refractivity contribution in [2.75, 3.05) is 0 Å². The molecular formula is C10H14N4O2. The fourth-order valence-electron chi connectivity index (χ4n) is 1.54. The SMILES string of the molecule is CCCn1ccn(Cc2nonc2C)c1=O. The summed E-state index contributed by atoms with van der Waals surface area (Å²) in [5.41, 5.74) is 1.38. The molecule has 16 heavy (non-hydrogen) atoms. The Balaban J connectivity index is 2.23. The molecule has 2 rings (SSSR count). The van der Waals surface area contributed by atoms with Gasteiger partial charge in [0.1, 0.15) is 11.4 Å². The molecular weight excluding hydrogens is 208 g/mol. The minimum Gasteiger partial charge on any atom is -0.299 e. The average molecular weight is 222 g/mol. The molecule has 0 amide bonds. The molecule has 6 heteroatoms. The first-order valence-corrected chi connectivity index (χ1v) is 5.26. The van der Waals surface area contributed by atoms with E-state index in [1.165, 1.54) is 0 Å². The van der Waals surface area contributed by atoms with Gasteiger partial charge in [0.15, 0.2) is 0 Å². The second kappa shape index (κ2) is 4.34. The van der Waals surface area contributed by atoms with Crippen LogP contribution in [0.4, 0.5) is 0 Å². The van der Waals surface area contributed by atoms with E-state index in [0.717, 1.165) is 18.7 Å². The molecule has 0 N–H and O–H groups in total. The van der Waals surface area contributed by atoms with E-state index in [1.54, 1.807) is 28.5 Å². The zero-order valence-corrected chi connectivity index (χ0v) is 9.38. The van der Waals surface area contributed by atoms with Crippen molar-refractivity contribution in [3.63, 3.8) is 0 Å². The van der Waals surface area contributed by atoms with Gasteiger partial charge in [0.2, 0.25) is 0 Å². The summed E-state index contributed by atoms with van der Waals surface area (Å²) in [6, 6.07) is 0. The molecule has 0 saturated heterocycles. The number of aromatic nitrogens is 4. The number of hydrogen-bond acceptors (Lipinski definition) is 4. The first kappa shape index (κ1) is 10.7. The lowest BCUT2D eigenvalue weighted by molar-refractivity contribution is 0.300. The topological polar surface area (TPSA) is 65.8 Å². The van der Waals surface area contributed by atoms with Crippen LogP contribution >= 0.6 is 0 Å². The van der Waals surface area contributed by atoms with Gasteiger partial charge in [0.25, 0.3) is 0 Å². The number of imidazole rings is 1. The third kappa shape index (κ3) is 1.91. The van der Waals surface area contributed by atoms with Gasteiger partial charge < -0.3 is 0 Å². The van der Waals surface area contributed by atoms with E-state index in [2.05, 4.69) is 14.9 Å². The molecule has 0 aliphatic rings. The average Bonchev–Trinajstić information content (AvgIpc) is 2.80. The van der Waals surface area contributed by atoms with Crippen molar-refractivity contribution in [1.29, 1.82) is 0 Å². The molecule has 0 unspecified atom stereocenters. The third-order valence-electron chi connectivity index (χ3n) is 2.45. The van der Waals surface area contributed by atoms with Gasteiger partial charge in [-0.1, -0.05) is 17.2 Å². The van der Waals surface area contributed by atoms with E-state index >= 15 is 0 Å². The van der Waals surface area contributed by atoms with Gasteiger partial charge in [-0.2, -0.15) is 0 Å². The van der Waals surface area contributed by atoms with Crippen LogP contribution in [0.3, 0.4) is 0 Å². The lowest BCUT2D eigenvalue weighted by atomic mass is 10.3. The van der Waals surface area contributed by atoms with Gasteiger partial charge >= 0.3 is 5.69 Å². The Morgan fingerprint density at radius 1 is 1.31 bits per heavy atom. The van der Waals surface area contributed by atoms with Gasteiger partial charge in [-0.3, -0.25) is 9.13 Å². The molecule has 0 aromatic carbocycles. The fourth-order valence-corrected chi connectivity index (χ4v) is 1.54. The molecule has 0 bridgehead atoms. The standard InChI is InChI=1S/C10H14N4O2/c1-3-4-13-5-6-14(10(13)15)7-9-8(2)11-16-12-9/h5-6H,3-4,7H2,1-2H3. The monoisotopic (exact) mass is 222 g/mol. The van der Waals surface area contributed by atoms with E-state index in [-0.39, 0.29) is 5.69 Å². The number of hydrogen-bond donors (Lipinski definition) is 0. The predicted molar refractivity (Wildman–Crippen MR) is 57.1 cm³/mol. The minimum absolute atomic E-state index is 0.0238. The van der Waals surface area contributed by atoms with Crippen molar-refractivity contribution in [3.8, 4) is 0 Å². The third-order valence-corrected chi connectivity index (χ3v) is 2.45. The van der Waals surface area contributed by atoms with Gasteiger partial charge in [-0.15, -0.1) is 0 Å². The van der Waals surface area contributed by atoms with E-state index in [9.17, 15) is 4.79 Å². The Kier molecular flexibility index (Phi) is 2.89. The number of aryl methyl sites for hydroxylation is 2. The number of rotatable bonds is 4. The van der Waals surface area contributed by atoms with Crippen molar-refractivity contribution in [1.82, 2.24) is 19.4 Å². The maximum absolute atomic E-state index is 11.8. The Labute approximate surface area is 92.5 Å². The Bertz CT molecular complexity index is 523. The quantitative estimate of drug-likeness (QED) is 0.767. The summed E-state index contributed by atoms with van der Waals surface area (Å²) in [4.78, 5) is 11.8. The van der Waals surface area contributed by atoms with Crippen molar-refractivity contribution in [2.24, 2.45) is 0 Å². The van der Waals surface area contributed by atoms with E-state index < -0.39 is 0 Å². The molecule has 0 aliphatic heterocycles. The van der Waals surface area contributed by atoms with Gasteiger partial charge in [-0.05, 0) is 13.3 Å². The summed E-state index contributed by atoms with van der Waals surface area (Å²) in [7, 11) is 0. The number of nitrogens with zero attached hydrogens (tertiary/aromatic N) is 4. The smallest absolute Gasteiger partial charge is 0.299 e. The minimum atomic E-state index is -0.0238. The maximum Gasteiger partial charge on any atom is 0.328 e. The Hall–Kier alpha value is -1.85. The second-order valence-corrected chi connectivity index (χ2v) is 3.70. The predicted octanol–water partition coefficient (Wildman–Crippen LogP) is 0.800. The zero-order valence-electron chi connectivity index (χ0n) is 9.38. The summed E-state index contributed by atoms with van der Waals surface area (Å²) in [6.07, 6.45) is 4.48. The molecule has 0 atom stereocenters. The van der Waals surface area contributed by atoms with Crippen LogP contribution in [0.2, 0.25) is 0 Å². The molecule has 6 nitrogen and oxygen atoms in total. The molecule has 2 aromatic heterocycles. The highest BCUT2D eigenvalue weighted by atomic mass is 16.6. The first-order chi connectivity index (χ1) is 7.72. The summed E-state index contributed by atoms with van der Waals surface area (Å²) < 4.78 is 7.87. The molecule has 0 aliphatic carbocycles. The molecule has 0 fully saturated rings. The van der Waals surface area contributed by atoms with Crippen molar-refractivity contribution in [3.05, 3.63) is 34.3 Å². The summed E-state index contributed by atoms with van der Waals surface area (Å²) in [5.74, 6) is 0. The molecule has 2 aromatic rings. The molecule has 0 radical (unpaired) electrons. The first-order valence-electron chi connectivity index (χ1n) is 5.26. The van der Waals surface area contributed by atoms with Gasteiger partial charge in [-0.25, -0.2) is 9.42 Å². The highest BCUT2D eigenvalue weighted by Gasteiger charge is 2.08. The van der Waals surface area contributed by atoms with E-state index in [4.69, 9.17) is 0 Å². The van der Waals surface area contributed by atoms with Crippen LogP contribution in [-0.4, -0.2) is 19.4 Å². The zero-order chi connectivity index (χ0) is 11.5. The molecule has 2 heterocycles. The lowest BCUT2D eigenvalue weighted by Gasteiger charge is -1.98. The van der Waals surface area contributed by atoms with Crippen LogP contribution in [0, 0.1) is 6.92 Å². The molecule has 0 saturated carbocycles. The summed E-state index contributed by atoms with van der Waals surface area (Å²) >= 11 is 0. The highest BCUT2D eigenvalue weighted by Crippen LogP contribution is 2.02. The van der Waals surface area contributed by atoms with Gasteiger partial charge in [0, 0.05) is 18.9 Å². The van der Waals surface area contributed by atoms with Crippen LogP contribution in [0.5, 0.6) is 0 Å². The van der Waals surface area contributed by atoms with Crippen LogP contribution in [0.1, 0.15) is 24.7 Å². The van der Waals surface area contributed by atoms with E-state index in [0.29, 0.717) is 12.2 Å². The van der Waals surface area contributed by atoms with Crippen LogP contribution in [-0.2, 0) is 13.1 Å². The van der Waals surface area contributed by atoms with Crippen molar-refractivity contribution >= 4 is 0 Å². The highest BCUT2D eigenvalue weighted by molar-refractivity contribution is 5.05. The van der Waals surface area contributed by atoms with E-state index in [1.807, 2.05) is 6.92 Å². The maximum atomic E-state index is 11.8. The summed E-state index contributed by atoms with van der Waals surface area (Å²) in [5, 5.41) is 7.43. The van der Waals surface area contributed by atoms with Gasteiger partial charge in [0.05, 0.1) is 6.54 Å². The van der Waals surface area contributed by atoms with Crippen LogP contribution in [0.15, 0.2) is 21.8 Å². The van der Waals surface area contributed by atoms with Crippen LogP contribution < -0.4 is 5.69 Å². The van der Waals surface area contributed by atoms with Crippen molar-refractivity contribution < 1.29 is 4.63 Å². The van der Waals surface area contributed by atoms with Crippen LogP contribution in [0.25, 0.3) is 0 Å². The molecule has 86 valence electrons.